The molecular weight excluding hydrogens is 300 g/mol. The summed E-state index contributed by atoms with van der Waals surface area (Å²) in [6.07, 6.45) is 9.41. The summed E-state index contributed by atoms with van der Waals surface area (Å²) in [6.45, 7) is 7.38. The first-order valence-electron chi connectivity index (χ1n) is 10.2. The average Bonchev–Trinajstić information content (AvgIpc) is 2.61. The molecule has 0 radical (unpaired) electrons. The standard InChI is InChI=1S/C20H34N2O2/c1-15-7-3-5-9-17(15)19(23)21-11-13-22(14-12-21)20(24)18-10-6-4-8-16(18)2/h15-18H,3-14H2,1-2H3. The highest BCUT2D eigenvalue weighted by Gasteiger charge is 2.36. The van der Waals surface area contributed by atoms with Gasteiger partial charge in [0.25, 0.3) is 0 Å². The van der Waals surface area contributed by atoms with Crippen molar-refractivity contribution < 1.29 is 9.59 Å². The zero-order valence-electron chi connectivity index (χ0n) is 15.5. The van der Waals surface area contributed by atoms with Gasteiger partial charge in [0.1, 0.15) is 0 Å². The number of amides is 2. The lowest BCUT2D eigenvalue weighted by Gasteiger charge is -2.40. The Hall–Kier alpha value is -1.06. The van der Waals surface area contributed by atoms with Crippen LogP contribution in [0.1, 0.15) is 65.2 Å². The number of nitrogens with zero attached hydrogens (tertiary/aromatic N) is 2. The summed E-state index contributed by atoms with van der Waals surface area (Å²) in [7, 11) is 0. The number of hydrogen-bond acceptors (Lipinski definition) is 2. The number of rotatable bonds is 2. The van der Waals surface area contributed by atoms with E-state index in [0.29, 0.717) is 23.7 Å². The van der Waals surface area contributed by atoms with Crippen LogP contribution >= 0.6 is 0 Å². The summed E-state index contributed by atoms with van der Waals surface area (Å²) in [5, 5.41) is 0. The van der Waals surface area contributed by atoms with Gasteiger partial charge in [-0.15, -0.1) is 0 Å². The molecule has 1 aliphatic heterocycles. The second kappa shape index (κ2) is 7.88. The first-order chi connectivity index (χ1) is 11.6. The van der Waals surface area contributed by atoms with Gasteiger partial charge in [-0.25, -0.2) is 0 Å². The van der Waals surface area contributed by atoms with Crippen LogP contribution in [0.4, 0.5) is 0 Å². The highest BCUT2D eigenvalue weighted by atomic mass is 16.2. The first kappa shape index (κ1) is 17.8. The van der Waals surface area contributed by atoms with Crippen molar-refractivity contribution in [2.24, 2.45) is 23.7 Å². The first-order valence-corrected chi connectivity index (χ1v) is 10.2. The van der Waals surface area contributed by atoms with Crippen LogP contribution in [0.2, 0.25) is 0 Å². The summed E-state index contributed by atoms with van der Waals surface area (Å²) in [5.41, 5.74) is 0. The third-order valence-electron chi connectivity index (χ3n) is 6.76. The van der Waals surface area contributed by atoms with Crippen molar-refractivity contribution in [2.45, 2.75) is 65.2 Å². The van der Waals surface area contributed by atoms with Crippen molar-refractivity contribution in [2.75, 3.05) is 26.2 Å². The fourth-order valence-corrected chi connectivity index (χ4v) is 4.98. The molecule has 0 spiro atoms. The van der Waals surface area contributed by atoms with E-state index in [1.807, 2.05) is 9.80 Å². The molecular formula is C20H34N2O2. The topological polar surface area (TPSA) is 40.6 Å². The molecule has 0 N–H and O–H groups in total. The van der Waals surface area contributed by atoms with Gasteiger partial charge in [0, 0.05) is 38.0 Å². The van der Waals surface area contributed by atoms with Crippen molar-refractivity contribution >= 4 is 11.8 Å². The predicted octanol–water partition coefficient (Wildman–Crippen LogP) is 3.31. The zero-order chi connectivity index (χ0) is 17.1. The van der Waals surface area contributed by atoms with Crippen LogP contribution in [0.3, 0.4) is 0 Å². The molecule has 4 unspecified atom stereocenters. The van der Waals surface area contributed by atoms with Gasteiger partial charge in [-0.3, -0.25) is 9.59 Å². The maximum Gasteiger partial charge on any atom is 0.226 e. The monoisotopic (exact) mass is 334 g/mol. The Bertz CT molecular complexity index is 415. The Labute approximate surface area is 146 Å². The third-order valence-corrected chi connectivity index (χ3v) is 6.76. The van der Waals surface area contributed by atoms with Gasteiger partial charge in [-0.1, -0.05) is 39.5 Å². The highest BCUT2D eigenvalue weighted by Crippen LogP contribution is 2.33. The second-order valence-corrected chi connectivity index (χ2v) is 8.39. The second-order valence-electron chi connectivity index (χ2n) is 8.39. The van der Waals surface area contributed by atoms with Crippen LogP contribution in [0.5, 0.6) is 0 Å². The van der Waals surface area contributed by atoms with E-state index in [-0.39, 0.29) is 11.8 Å². The molecule has 0 aromatic heterocycles. The molecule has 3 aliphatic rings. The molecule has 2 aliphatic carbocycles. The Morgan fingerprint density at radius 1 is 0.625 bits per heavy atom. The summed E-state index contributed by atoms with van der Waals surface area (Å²) in [4.78, 5) is 29.7. The quantitative estimate of drug-likeness (QED) is 0.777. The van der Waals surface area contributed by atoms with E-state index in [2.05, 4.69) is 13.8 Å². The molecule has 4 nitrogen and oxygen atoms in total. The SMILES string of the molecule is CC1CCCCC1C(=O)N1CCN(C(=O)C2CCCCC2C)CC1. The van der Waals surface area contributed by atoms with Gasteiger partial charge in [-0.05, 0) is 37.5 Å². The lowest BCUT2D eigenvalue weighted by molar-refractivity contribution is -0.147. The summed E-state index contributed by atoms with van der Waals surface area (Å²) in [5.74, 6) is 2.18. The Morgan fingerprint density at radius 3 is 1.29 bits per heavy atom. The zero-order valence-corrected chi connectivity index (χ0v) is 15.5. The van der Waals surface area contributed by atoms with Gasteiger partial charge >= 0.3 is 0 Å². The van der Waals surface area contributed by atoms with Crippen LogP contribution < -0.4 is 0 Å². The fourth-order valence-electron chi connectivity index (χ4n) is 4.98. The molecule has 1 heterocycles. The molecule has 4 atom stereocenters. The number of hydrogen-bond donors (Lipinski definition) is 0. The van der Waals surface area contributed by atoms with Gasteiger partial charge in [-0.2, -0.15) is 0 Å². The van der Waals surface area contributed by atoms with Crippen molar-refractivity contribution in [3.8, 4) is 0 Å². The normalized spacial score (nSPS) is 34.9. The maximum atomic E-state index is 12.8. The Morgan fingerprint density at radius 2 is 0.958 bits per heavy atom. The van der Waals surface area contributed by atoms with E-state index in [9.17, 15) is 9.59 Å². The Balaban J connectivity index is 1.51. The van der Waals surface area contributed by atoms with Gasteiger partial charge in [0.05, 0.1) is 0 Å². The Kier molecular flexibility index (Phi) is 5.83. The summed E-state index contributed by atoms with van der Waals surface area (Å²) in [6, 6.07) is 0. The summed E-state index contributed by atoms with van der Waals surface area (Å²) < 4.78 is 0. The van der Waals surface area contributed by atoms with Crippen molar-refractivity contribution in [1.29, 1.82) is 0 Å². The number of carbonyl (C=O) groups is 2. The summed E-state index contributed by atoms with van der Waals surface area (Å²) >= 11 is 0. The minimum atomic E-state index is 0.222. The molecule has 0 aromatic carbocycles. The van der Waals surface area contributed by atoms with Crippen LogP contribution in [0, 0.1) is 23.7 Å². The molecule has 24 heavy (non-hydrogen) atoms. The predicted molar refractivity (Wildman–Crippen MR) is 95.4 cm³/mol. The van der Waals surface area contributed by atoms with E-state index >= 15 is 0 Å². The van der Waals surface area contributed by atoms with Crippen molar-refractivity contribution in [3.63, 3.8) is 0 Å². The molecule has 136 valence electrons. The van der Waals surface area contributed by atoms with Gasteiger partial charge in [0.2, 0.25) is 11.8 Å². The van der Waals surface area contributed by atoms with Gasteiger partial charge in [0.15, 0.2) is 0 Å². The van der Waals surface area contributed by atoms with Crippen molar-refractivity contribution in [1.82, 2.24) is 9.80 Å². The molecule has 4 heteroatoms. The van der Waals surface area contributed by atoms with Crippen LogP contribution in [0.15, 0.2) is 0 Å². The number of carbonyl (C=O) groups excluding carboxylic acids is 2. The molecule has 0 bridgehead atoms. The molecule has 3 rings (SSSR count). The minimum Gasteiger partial charge on any atom is -0.339 e. The van der Waals surface area contributed by atoms with Crippen LogP contribution in [-0.4, -0.2) is 47.8 Å². The maximum absolute atomic E-state index is 12.8. The average molecular weight is 335 g/mol. The van der Waals surface area contributed by atoms with Gasteiger partial charge < -0.3 is 9.80 Å². The van der Waals surface area contributed by atoms with E-state index in [4.69, 9.17) is 0 Å². The smallest absolute Gasteiger partial charge is 0.226 e. The number of piperazine rings is 1. The molecule has 2 saturated carbocycles. The lowest BCUT2D eigenvalue weighted by Crippen LogP contribution is -2.54. The third kappa shape index (κ3) is 3.78. The van der Waals surface area contributed by atoms with E-state index in [0.717, 1.165) is 39.0 Å². The van der Waals surface area contributed by atoms with Crippen molar-refractivity contribution in [3.05, 3.63) is 0 Å². The molecule has 0 aromatic rings. The lowest BCUT2D eigenvalue weighted by atomic mass is 9.79. The highest BCUT2D eigenvalue weighted by molar-refractivity contribution is 5.81. The van der Waals surface area contributed by atoms with Crippen LogP contribution in [0.25, 0.3) is 0 Å². The largest absolute Gasteiger partial charge is 0.339 e. The minimum absolute atomic E-state index is 0.222. The molecule has 1 saturated heterocycles. The van der Waals surface area contributed by atoms with E-state index in [1.165, 1.54) is 38.5 Å². The van der Waals surface area contributed by atoms with Crippen LogP contribution in [-0.2, 0) is 9.59 Å². The van der Waals surface area contributed by atoms with E-state index < -0.39 is 0 Å². The molecule has 2 amide bonds. The van der Waals surface area contributed by atoms with E-state index in [1.54, 1.807) is 0 Å². The molecule has 3 fully saturated rings. The fraction of sp³-hybridized carbons (Fsp3) is 0.900.